The lowest BCUT2D eigenvalue weighted by molar-refractivity contribution is 0.282. The first-order chi connectivity index (χ1) is 10.2. The Morgan fingerprint density at radius 2 is 2.05 bits per heavy atom. The smallest absolute Gasteiger partial charge is 0.128 e. The summed E-state index contributed by atoms with van der Waals surface area (Å²) < 4.78 is 14.0. The standard InChI is InChI=1S/C17H22FN3/c1-3-20-17(15-8-4-5-9-16(15)18)13-21(2)12-14-7-6-10-19-11-14/h4-11,17,20H,3,12-13H2,1-2H3. The Morgan fingerprint density at radius 1 is 1.24 bits per heavy atom. The average molecular weight is 287 g/mol. The van der Waals surface area contributed by atoms with Gasteiger partial charge < -0.3 is 10.2 Å². The third kappa shape index (κ3) is 4.62. The van der Waals surface area contributed by atoms with Gasteiger partial charge in [-0.25, -0.2) is 4.39 Å². The second-order valence-corrected chi connectivity index (χ2v) is 5.19. The van der Waals surface area contributed by atoms with Crippen molar-refractivity contribution in [2.45, 2.75) is 19.5 Å². The number of pyridine rings is 1. The summed E-state index contributed by atoms with van der Waals surface area (Å²) in [6.45, 7) is 4.38. The molecule has 0 aliphatic heterocycles. The van der Waals surface area contributed by atoms with Crippen molar-refractivity contribution in [3.63, 3.8) is 0 Å². The SMILES string of the molecule is CCNC(CN(C)Cc1cccnc1)c1ccccc1F. The van der Waals surface area contributed by atoms with Crippen LogP contribution in [-0.4, -0.2) is 30.0 Å². The number of hydrogen-bond acceptors (Lipinski definition) is 3. The molecule has 0 spiro atoms. The van der Waals surface area contributed by atoms with Gasteiger partial charge in [0.05, 0.1) is 0 Å². The second-order valence-electron chi connectivity index (χ2n) is 5.19. The maximum atomic E-state index is 14.0. The minimum absolute atomic E-state index is 0.0159. The molecule has 0 amide bonds. The predicted octanol–water partition coefficient (Wildman–Crippen LogP) is 3.00. The van der Waals surface area contributed by atoms with E-state index >= 15 is 0 Å². The van der Waals surface area contributed by atoms with E-state index in [4.69, 9.17) is 0 Å². The Balaban J connectivity index is 2.04. The maximum absolute atomic E-state index is 14.0. The molecule has 1 aromatic heterocycles. The quantitative estimate of drug-likeness (QED) is 0.848. The predicted molar refractivity (Wildman–Crippen MR) is 83.4 cm³/mol. The van der Waals surface area contributed by atoms with Crippen LogP contribution >= 0.6 is 0 Å². The molecule has 0 fully saturated rings. The van der Waals surface area contributed by atoms with Gasteiger partial charge in [0.15, 0.2) is 0 Å². The molecular formula is C17H22FN3. The van der Waals surface area contributed by atoms with E-state index in [1.165, 1.54) is 6.07 Å². The van der Waals surface area contributed by atoms with Crippen molar-refractivity contribution in [2.24, 2.45) is 0 Å². The Kier molecular flexibility index (Phi) is 5.84. The van der Waals surface area contributed by atoms with Crippen LogP contribution in [0.1, 0.15) is 24.1 Å². The van der Waals surface area contributed by atoms with Crippen molar-refractivity contribution < 1.29 is 4.39 Å². The fraction of sp³-hybridized carbons (Fsp3) is 0.353. The van der Waals surface area contributed by atoms with Crippen LogP contribution in [0.25, 0.3) is 0 Å². The summed E-state index contributed by atoms with van der Waals surface area (Å²) in [5.74, 6) is -0.154. The monoisotopic (exact) mass is 287 g/mol. The summed E-state index contributed by atoms with van der Waals surface area (Å²) in [7, 11) is 2.04. The number of nitrogens with zero attached hydrogens (tertiary/aromatic N) is 2. The van der Waals surface area contributed by atoms with E-state index in [1.807, 2.05) is 38.4 Å². The summed E-state index contributed by atoms with van der Waals surface area (Å²) in [5, 5.41) is 3.36. The minimum atomic E-state index is -0.154. The van der Waals surface area contributed by atoms with Gasteiger partial charge in [-0.05, 0) is 31.3 Å². The van der Waals surface area contributed by atoms with Gasteiger partial charge >= 0.3 is 0 Å². The fourth-order valence-electron chi connectivity index (χ4n) is 2.46. The lowest BCUT2D eigenvalue weighted by Gasteiger charge is -2.25. The zero-order valence-corrected chi connectivity index (χ0v) is 12.6. The van der Waals surface area contributed by atoms with E-state index in [1.54, 1.807) is 12.3 Å². The number of rotatable bonds is 7. The van der Waals surface area contributed by atoms with Gasteiger partial charge in [0.1, 0.15) is 5.82 Å². The summed E-state index contributed by atoms with van der Waals surface area (Å²) in [6.07, 6.45) is 3.63. The summed E-state index contributed by atoms with van der Waals surface area (Å²) in [4.78, 5) is 6.30. The van der Waals surface area contributed by atoms with Crippen LogP contribution in [0, 0.1) is 5.82 Å². The van der Waals surface area contributed by atoms with Gasteiger partial charge in [-0.15, -0.1) is 0 Å². The Hall–Kier alpha value is -1.78. The fourth-order valence-corrected chi connectivity index (χ4v) is 2.46. The Labute approximate surface area is 125 Å². The molecule has 1 unspecified atom stereocenters. The summed E-state index contributed by atoms with van der Waals surface area (Å²) >= 11 is 0. The van der Waals surface area contributed by atoms with Crippen LogP contribution in [0.5, 0.6) is 0 Å². The van der Waals surface area contributed by atoms with Crippen molar-refractivity contribution in [3.05, 3.63) is 65.7 Å². The van der Waals surface area contributed by atoms with E-state index < -0.39 is 0 Å². The zero-order chi connectivity index (χ0) is 15.1. The molecular weight excluding hydrogens is 265 g/mol. The highest BCUT2D eigenvalue weighted by Gasteiger charge is 2.16. The van der Waals surface area contributed by atoms with Gasteiger partial charge in [0.25, 0.3) is 0 Å². The van der Waals surface area contributed by atoms with Crippen LogP contribution in [0.2, 0.25) is 0 Å². The number of aromatic nitrogens is 1. The van der Waals surface area contributed by atoms with Crippen molar-refractivity contribution in [3.8, 4) is 0 Å². The first-order valence-electron chi connectivity index (χ1n) is 7.26. The van der Waals surface area contributed by atoms with Crippen molar-refractivity contribution in [2.75, 3.05) is 20.1 Å². The van der Waals surface area contributed by atoms with E-state index in [-0.39, 0.29) is 11.9 Å². The lowest BCUT2D eigenvalue weighted by Crippen LogP contribution is -2.33. The van der Waals surface area contributed by atoms with Crippen LogP contribution in [-0.2, 0) is 6.54 Å². The number of benzene rings is 1. The van der Waals surface area contributed by atoms with Crippen LogP contribution in [0.15, 0.2) is 48.8 Å². The number of hydrogen-bond donors (Lipinski definition) is 1. The van der Waals surface area contributed by atoms with Gasteiger partial charge in [-0.2, -0.15) is 0 Å². The van der Waals surface area contributed by atoms with Gasteiger partial charge in [-0.1, -0.05) is 31.2 Å². The van der Waals surface area contributed by atoms with E-state index in [0.717, 1.165) is 30.8 Å². The first-order valence-corrected chi connectivity index (χ1v) is 7.26. The molecule has 1 N–H and O–H groups in total. The molecule has 0 radical (unpaired) electrons. The largest absolute Gasteiger partial charge is 0.309 e. The number of likely N-dealkylation sites (N-methyl/N-ethyl adjacent to an activating group) is 2. The van der Waals surface area contributed by atoms with Gasteiger partial charge in [0.2, 0.25) is 0 Å². The molecule has 21 heavy (non-hydrogen) atoms. The highest BCUT2D eigenvalue weighted by molar-refractivity contribution is 5.21. The second kappa shape index (κ2) is 7.86. The van der Waals surface area contributed by atoms with Crippen molar-refractivity contribution in [1.82, 2.24) is 15.2 Å². The molecule has 0 aliphatic carbocycles. The lowest BCUT2D eigenvalue weighted by atomic mass is 10.1. The van der Waals surface area contributed by atoms with Crippen LogP contribution in [0.3, 0.4) is 0 Å². The molecule has 112 valence electrons. The van der Waals surface area contributed by atoms with E-state index in [0.29, 0.717) is 0 Å². The third-order valence-electron chi connectivity index (χ3n) is 3.40. The third-order valence-corrected chi connectivity index (χ3v) is 3.40. The molecule has 1 aromatic carbocycles. The normalized spacial score (nSPS) is 12.6. The highest BCUT2D eigenvalue weighted by atomic mass is 19.1. The number of nitrogens with one attached hydrogen (secondary N) is 1. The maximum Gasteiger partial charge on any atom is 0.128 e. The molecule has 2 rings (SSSR count). The topological polar surface area (TPSA) is 28.2 Å². The molecule has 0 saturated carbocycles. The average Bonchev–Trinajstić information content (AvgIpc) is 2.48. The number of halogens is 1. The van der Waals surface area contributed by atoms with E-state index in [9.17, 15) is 4.39 Å². The molecule has 4 heteroatoms. The van der Waals surface area contributed by atoms with Crippen molar-refractivity contribution in [1.29, 1.82) is 0 Å². The van der Waals surface area contributed by atoms with Crippen LogP contribution < -0.4 is 5.32 Å². The molecule has 1 atom stereocenters. The van der Waals surface area contributed by atoms with Crippen molar-refractivity contribution >= 4 is 0 Å². The summed E-state index contributed by atoms with van der Waals surface area (Å²) in [5.41, 5.74) is 1.88. The first kappa shape index (κ1) is 15.6. The Morgan fingerprint density at radius 3 is 2.71 bits per heavy atom. The zero-order valence-electron chi connectivity index (χ0n) is 12.6. The van der Waals surface area contributed by atoms with Crippen LogP contribution in [0.4, 0.5) is 4.39 Å². The molecule has 0 aliphatic rings. The Bertz CT molecular complexity index is 545. The molecule has 3 nitrogen and oxygen atoms in total. The molecule has 0 bridgehead atoms. The van der Waals surface area contributed by atoms with Gasteiger partial charge in [0, 0.05) is 37.1 Å². The molecule has 1 heterocycles. The van der Waals surface area contributed by atoms with E-state index in [2.05, 4.69) is 21.3 Å². The minimum Gasteiger partial charge on any atom is -0.309 e. The molecule has 0 saturated heterocycles. The summed E-state index contributed by atoms with van der Waals surface area (Å²) in [6, 6.07) is 10.9. The van der Waals surface area contributed by atoms with Gasteiger partial charge in [-0.3, -0.25) is 4.98 Å². The molecule has 2 aromatic rings. The highest BCUT2D eigenvalue weighted by Crippen LogP contribution is 2.18.